The standard InChI is InChI=1S/C47H58N7O15P3/c1-7-53-22-11-14-29-23-35-37(25-38(29)53)47(2,3)36-24-31(51(4)5)18-19-34(36)43(35)32-15-8-9-16-33(32)45(57)52(6)21-12-17-41(56)49-20-10-13-30-27-54(46(58)50-44(30)48)42-26-39(55)40(67-42)28-66-71(62,63)69-72(64,65)68-70(59,60)61/h8-9,15-16,18-19,23-25,27,39-40,42,55H,7,11-12,14,17,20-22,26,28H2,1-6H3,(H6-,48,49,50,56,58,59,60,61,62,63,64,65)/p+1/t39-,40+,42+/m0/s1. The zero-order valence-corrected chi connectivity index (χ0v) is 43.2. The number of hydrogen-bond acceptors (Lipinski definition) is 14. The predicted octanol–water partition coefficient (Wildman–Crippen LogP) is 2.25. The van der Waals surface area contributed by atoms with Gasteiger partial charge in [-0.05, 0) is 77.1 Å². The van der Waals surface area contributed by atoms with E-state index >= 15 is 0 Å². The van der Waals surface area contributed by atoms with Gasteiger partial charge in [-0.15, -0.1) is 0 Å². The van der Waals surface area contributed by atoms with E-state index in [4.69, 9.17) is 20.3 Å². The van der Waals surface area contributed by atoms with Crippen molar-refractivity contribution in [2.75, 3.05) is 64.6 Å². The summed E-state index contributed by atoms with van der Waals surface area (Å²) in [4.78, 5) is 84.1. The van der Waals surface area contributed by atoms with Gasteiger partial charge in [0, 0.05) is 81.4 Å². The lowest BCUT2D eigenvalue weighted by Crippen LogP contribution is -2.43. The summed E-state index contributed by atoms with van der Waals surface area (Å²) in [5.74, 6) is 4.73. The number of nitrogens with zero attached hydrogens (tertiary/aromatic N) is 5. The molecule has 3 aliphatic rings. The lowest BCUT2D eigenvalue weighted by molar-refractivity contribution is -0.121. The first-order valence-electron chi connectivity index (χ1n) is 23.0. The fourth-order valence-corrected chi connectivity index (χ4v) is 12.2. The molecule has 2 unspecified atom stereocenters. The van der Waals surface area contributed by atoms with Gasteiger partial charge in [0.05, 0.1) is 24.8 Å². The zero-order valence-electron chi connectivity index (χ0n) is 40.6. The summed E-state index contributed by atoms with van der Waals surface area (Å²) in [6, 6.07) is 19.0. The molecule has 2 amide bonds. The Bertz CT molecular complexity index is 3200. The molecule has 0 spiro atoms. The number of nitrogen functional groups attached to an aromatic ring is 1. The largest absolute Gasteiger partial charge is 0.490 e. The van der Waals surface area contributed by atoms with Crippen LogP contribution in [-0.4, -0.2) is 117 Å². The molecular weight excluding hydrogens is 995 g/mol. The first-order chi connectivity index (χ1) is 33.8. The number of anilines is 2. The number of rotatable bonds is 17. The minimum Gasteiger partial charge on any atom is -0.390 e. The second kappa shape index (κ2) is 21.6. The lowest BCUT2D eigenvalue weighted by Gasteiger charge is -2.36. The van der Waals surface area contributed by atoms with Gasteiger partial charge >= 0.3 is 29.2 Å². The fraction of sp³-hybridized carbons (Fsp3) is 0.426. The number of aromatic nitrogens is 2. The van der Waals surface area contributed by atoms with Gasteiger partial charge in [-0.2, -0.15) is 13.6 Å². The Morgan fingerprint density at radius 3 is 2.46 bits per heavy atom. The van der Waals surface area contributed by atoms with Crippen molar-refractivity contribution in [1.29, 1.82) is 0 Å². The molecule has 22 nitrogen and oxygen atoms in total. The second-order valence-electron chi connectivity index (χ2n) is 18.3. The monoisotopic (exact) mass is 1050 g/mol. The number of nitrogens with two attached hydrogens (primary N) is 1. The molecular formula is C47H59N7O15P3+. The van der Waals surface area contributed by atoms with E-state index in [0.29, 0.717) is 12.0 Å². The maximum absolute atomic E-state index is 14.4. The lowest BCUT2D eigenvalue weighted by atomic mass is 9.68. The summed E-state index contributed by atoms with van der Waals surface area (Å²) in [7, 11) is -11.1. The maximum Gasteiger partial charge on any atom is 0.490 e. The van der Waals surface area contributed by atoms with Crippen LogP contribution in [0.5, 0.6) is 0 Å². The number of aliphatic hydroxyl groups is 1. The Kier molecular flexibility index (Phi) is 16.3. The summed E-state index contributed by atoms with van der Waals surface area (Å²) >= 11 is 0. The highest BCUT2D eigenvalue weighted by atomic mass is 31.3. The van der Waals surface area contributed by atoms with Crippen molar-refractivity contribution >= 4 is 52.4 Å². The van der Waals surface area contributed by atoms with Crippen LogP contribution in [0.15, 0.2) is 65.6 Å². The molecule has 4 aromatic rings. The van der Waals surface area contributed by atoms with Gasteiger partial charge < -0.3 is 50.3 Å². The summed E-state index contributed by atoms with van der Waals surface area (Å²) in [6.07, 6.45) is -0.659. The number of carbonyl (C=O) groups excluding carboxylic acids is 2. The molecule has 3 heterocycles. The van der Waals surface area contributed by atoms with Crippen LogP contribution in [-0.2, 0) is 48.2 Å². The van der Waals surface area contributed by atoms with Gasteiger partial charge in [-0.1, -0.05) is 50.0 Å². The highest BCUT2D eigenvalue weighted by molar-refractivity contribution is 7.66. The number of fused-ring (bicyclic) bond motifs is 3. The van der Waals surface area contributed by atoms with Gasteiger partial charge in [0.25, 0.3) is 5.91 Å². The van der Waals surface area contributed by atoms with E-state index in [1.165, 1.54) is 28.2 Å². The number of carbonyl (C=O) groups is 2. The van der Waals surface area contributed by atoms with Crippen LogP contribution in [0.4, 0.5) is 11.5 Å². The quantitative estimate of drug-likeness (QED) is 0.0453. The highest BCUT2D eigenvalue weighted by Crippen LogP contribution is 2.66. The Balaban J connectivity index is 0.992. The van der Waals surface area contributed by atoms with Gasteiger partial charge in [-0.3, -0.25) is 18.7 Å². The van der Waals surface area contributed by atoms with Crippen LogP contribution >= 0.6 is 23.5 Å². The molecule has 1 aromatic heterocycles. The van der Waals surface area contributed by atoms with Crippen LogP contribution in [0.3, 0.4) is 0 Å². The van der Waals surface area contributed by atoms with E-state index in [9.17, 15) is 43.0 Å². The molecule has 2 aliphatic heterocycles. The SMILES string of the molecule is CC[N+]1=c2cc3c(cc2CCC1)=C(c1ccccc1C(=O)N(C)CCCC(=O)NCC#Cc1cn([C@H]2C[C@H](O)[C@@H](COP(=O)(O)OP(=O)(O)OP(=O)(O)O)O2)c(=O)nc1N)c1ccc(N(C)C)cc1C3(C)C. The Morgan fingerprint density at radius 1 is 1.01 bits per heavy atom. The number of phosphoric ester groups is 1. The average Bonchev–Trinajstić information content (AvgIpc) is 3.67. The number of amides is 2. The predicted molar refractivity (Wildman–Crippen MR) is 265 cm³/mol. The second-order valence-corrected chi connectivity index (χ2v) is 22.8. The molecule has 25 heteroatoms. The third-order valence-electron chi connectivity index (χ3n) is 12.8. The molecule has 1 saturated heterocycles. The van der Waals surface area contributed by atoms with Crippen molar-refractivity contribution in [1.82, 2.24) is 24.3 Å². The third-order valence-corrected chi connectivity index (χ3v) is 16.6. The van der Waals surface area contributed by atoms with Crippen molar-refractivity contribution in [3.8, 4) is 11.8 Å². The first kappa shape index (κ1) is 54.4. The van der Waals surface area contributed by atoms with E-state index in [2.05, 4.69) is 95.9 Å². The fourth-order valence-electron chi connectivity index (χ4n) is 9.22. The minimum absolute atomic E-state index is 0.0574. The van der Waals surface area contributed by atoms with Crippen LogP contribution < -0.4 is 36.8 Å². The van der Waals surface area contributed by atoms with Gasteiger partial charge in [0.2, 0.25) is 11.3 Å². The number of benzene rings is 3. The molecule has 5 atom stereocenters. The normalized spacial score (nSPS) is 19.7. The van der Waals surface area contributed by atoms with E-state index in [0.717, 1.165) is 58.1 Å². The summed E-state index contributed by atoms with van der Waals surface area (Å²) in [5.41, 5.74) is 13.0. The molecule has 7 rings (SSSR count). The Morgan fingerprint density at radius 2 is 1.75 bits per heavy atom. The molecule has 0 bridgehead atoms. The molecule has 1 fully saturated rings. The minimum atomic E-state index is -5.78. The van der Waals surface area contributed by atoms with Gasteiger partial charge in [0.15, 0.2) is 0 Å². The van der Waals surface area contributed by atoms with E-state index in [-0.39, 0.29) is 54.5 Å². The van der Waals surface area contributed by atoms with E-state index in [1.54, 1.807) is 11.9 Å². The Labute approximate surface area is 415 Å². The summed E-state index contributed by atoms with van der Waals surface area (Å²) < 4.78 is 55.5. The topological polar surface area (TPSA) is 306 Å². The number of aryl methyl sites for hydroxylation is 1. The Hall–Kier alpha value is -5.36. The zero-order chi connectivity index (χ0) is 52.5. The van der Waals surface area contributed by atoms with E-state index in [1.807, 2.05) is 38.4 Å². The smallest absolute Gasteiger partial charge is 0.390 e. The van der Waals surface area contributed by atoms with Crippen LogP contribution in [0.1, 0.15) is 96.4 Å². The average molecular weight is 1050 g/mol. The number of hydrogen-bond donors (Lipinski definition) is 7. The summed E-state index contributed by atoms with van der Waals surface area (Å²) in [6.45, 7) is 7.90. The number of ether oxygens (including phenoxy) is 1. The van der Waals surface area contributed by atoms with Crippen LogP contribution in [0.25, 0.3) is 5.57 Å². The number of phosphoric acid groups is 3. The van der Waals surface area contributed by atoms with Crippen LogP contribution in [0, 0.1) is 11.8 Å². The molecule has 8 N–H and O–H groups in total. The molecule has 72 heavy (non-hydrogen) atoms. The molecule has 0 radical (unpaired) electrons. The number of aliphatic hydroxyl groups excluding tert-OH is 1. The van der Waals surface area contributed by atoms with Crippen LogP contribution in [0.2, 0.25) is 0 Å². The van der Waals surface area contributed by atoms with Crippen molar-refractivity contribution in [3.05, 3.63) is 121 Å². The van der Waals surface area contributed by atoms with Crippen molar-refractivity contribution < 1.29 is 65.8 Å². The van der Waals surface area contributed by atoms with Crippen molar-refractivity contribution in [3.63, 3.8) is 0 Å². The highest BCUT2D eigenvalue weighted by Gasteiger charge is 2.43. The number of nitrogens with one attached hydrogen (secondary N) is 1. The van der Waals surface area contributed by atoms with Crippen molar-refractivity contribution in [2.45, 2.75) is 76.7 Å². The van der Waals surface area contributed by atoms with E-state index < -0.39 is 54.2 Å². The van der Waals surface area contributed by atoms with Crippen molar-refractivity contribution in [2.24, 2.45) is 0 Å². The molecule has 0 saturated carbocycles. The first-order valence-corrected chi connectivity index (χ1v) is 27.5. The van der Waals surface area contributed by atoms with Gasteiger partial charge in [-0.25, -0.2) is 23.1 Å². The molecule has 3 aromatic carbocycles. The maximum atomic E-state index is 14.4. The molecule has 386 valence electrons. The third kappa shape index (κ3) is 12.3. The molecule has 1 aliphatic carbocycles. The van der Waals surface area contributed by atoms with Gasteiger partial charge in [0.1, 0.15) is 31.2 Å². The summed E-state index contributed by atoms with van der Waals surface area (Å²) in [5, 5.41) is 15.6.